The third-order valence-electron chi connectivity index (χ3n) is 3.37. The first-order chi connectivity index (χ1) is 7.20. The Balaban J connectivity index is 2.46. The first-order valence-corrected chi connectivity index (χ1v) is 6.39. The zero-order valence-corrected chi connectivity index (χ0v) is 10.2. The third-order valence-corrected chi connectivity index (χ3v) is 3.37. The normalized spacial score (nSPS) is 22.7. The second-order valence-electron chi connectivity index (χ2n) is 5.03. The summed E-state index contributed by atoms with van der Waals surface area (Å²) in [6.45, 7) is 4.19. The Bertz CT molecular complexity index is 211. The van der Waals surface area contributed by atoms with Crippen molar-refractivity contribution in [3.8, 4) is 6.07 Å². The van der Waals surface area contributed by atoms with Gasteiger partial charge in [-0.05, 0) is 26.2 Å². The molecule has 0 aromatic rings. The number of hydrogen-bond acceptors (Lipinski definition) is 2. The fourth-order valence-corrected chi connectivity index (χ4v) is 2.53. The Morgan fingerprint density at radius 2 is 1.87 bits per heavy atom. The highest BCUT2D eigenvalue weighted by Crippen LogP contribution is 2.21. The molecule has 0 aromatic heterocycles. The van der Waals surface area contributed by atoms with Gasteiger partial charge >= 0.3 is 0 Å². The molecule has 1 atom stereocenters. The van der Waals surface area contributed by atoms with Gasteiger partial charge in [-0.3, -0.25) is 5.32 Å². The minimum Gasteiger partial charge on any atom is -0.297 e. The maximum absolute atomic E-state index is 9.20. The van der Waals surface area contributed by atoms with E-state index in [-0.39, 0.29) is 5.54 Å². The summed E-state index contributed by atoms with van der Waals surface area (Å²) in [5.41, 5.74) is -0.302. The van der Waals surface area contributed by atoms with Gasteiger partial charge in [0.2, 0.25) is 0 Å². The van der Waals surface area contributed by atoms with Gasteiger partial charge < -0.3 is 0 Å². The molecule has 1 unspecified atom stereocenters. The van der Waals surface area contributed by atoms with Crippen LogP contribution in [0.5, 0.6) is 0 Å². The molecule has 0 aliphatic heterocycles. The van der Waals surface area contributed by atoms with E-state index in [9.17, 15) is 5.26 Å². The highest BCUT2D eigenvalue weighted by Gasteiger charge is 2.26. The summed E-state index contributed by atoms with van der Waals surface area (Å²) >= 11 is 0. The summed E-state index contributed by atoms with van der Waals surface area (Å²) in [4.78, 5) is 0. The minimum atomic E-state index is -0.302. The summed E-state index contributed by atoms with van der Waals surface area (Å²) in [5.74, 6) is 0. The van der Waals surface area contributed by atoms with Crippen LogP contribution in [-0.2, 0) is 0 Å². The highest BCUT2D eigenvalue weighted by atomic mass is 15.0. The fraction of sp³-hybridized carbons (Fsp3) is 0.923. The van der Waals surface area contributed by atoms with Crippen LogP contribution in [0.2, 0.25) is 0 Å². The van der Waals surface area contributed by atoms with E-state index in [0.29, 0.717) is 6.04 Å². The fourth-order valence-electron chi connectivity index (χ4n) is 2.53. The van der Waals surface area contributed by atoms with Gasteiger partial charge in [0.15, 0.2) is 0 Å². The lowest BCUT2D eigenvalue weighted by atomic mass is 9.95. The Hall–Kier alpha value is -0.550. The Morgan fingerprint density at radius 1 is 1.27 bits per heavy atom. The highest BCUT2D eigenvalue weighted by molar-refractivity contribution is 5.04. The third kappa shape index (κ3) is 4.22. The summed E-state index contributed by atoms with van der Waals surface area (Å²) in [6.07, 6.45) is 9.92. The average Bonchev–Trinajstić information content (AvgIpc) is 2.47. The molecule has 1 N–H and O–H groups in total. The SMILES string of the molecule is CCCC(C)(C#N)NC1CCCCCC1. The van der Waals surface area contributed by atoms with Crippen LogP contribution in [0.25, 0.3) is 0 Å². The maximum atomic E-state index is 9.20. The molecule has 1 saturated carbocycles. The molecular formula is C13H24N2. The van der Waals surface area contributed by atoms with Crippen LogP contribution in [0.3, 0.4) is 0 Å². The average molecular weight is 208 g/mol. The van der Waals surface area contributed by atoms with Gasteiger partial charge in [0, 0.05) is 6.04 Å². The van der Waals surface area contributed by atoms with Crippen molar-refractivity contribution in [2.75, 3.05) is 0 Å². The van der Waals surface area contributed by atoms with Crippen molar-refractivity contribution in [3.05, 3.63) is 0 Å². The van der Waals surface area contributed by atoms with E-state index in [0.717, 1.165) is 12.8 Å². The maximum Gasteiger partial charge on any atom is 0.104 e. The van der Waals surface area contributed by atoms with Crippen LogP contribution in [-0.4, -0.2) is 11.6 Å². The molecule has 1 rings (SSSR count). The number of nitriles is 1. The molecule has 1 aliphatic rings. The zero-order chi connectivity index (χ0) is 11.1. The number of rotatable bonds is 4. The van der Waals surface area contributed by atoms with Gasteiger partial charge in [0.1, 0.15) is 5.54 Å². The van der Waals surface area contributed by atoms with Crippen LogP contribution >= 0.6 is 0 Å². The lowest BCUT2D eigenvalue weighted by Crippen LogP contribution is -2.46. The van der Waals surface area contributed by atoms with Crippen molar-refractivity contribution >= 4 is 0 Å². The monoisotopic (exact) mass is 208 g/mol. The summed E-state index contributed by atoms with van der Waals surface area (Å²) in [7, 11) is 0. The number of nitrogens with zero attached hydrogens (tertiary/aromatic N) is 1. The standard InChI is InChI=1S/C13H24N2/c1-3-10-13(2,11-14)15-12-8-6-4-5-7-9-12/h12,15H,3-10H2,1-2H3. The van der Waals surface area contributed by atoms with Crippen molar-refractivity contribution in [3.63, 3.8) is 0 Å². The quantitative estimate of drug-likeness (QED) is 0.719. The van der Waals surface area contributed by atoms with Gasteiger partial charge in [0.25, 0.3) is 0 Å². The van der Waals surface area contributed by atoms with Gasteiger partial charge in [-0.25, -0.2) is 0 Å². The van der Waals surface area contributed by atoms with E-state index in [2.05, 4.69) is 18.3 Å². The van der Waals surface area contributed by atoms with E-state index in [4.69, 9.17) is 0 Å². The second kappa shape index (κ2) is 6.12. The molecule has 2 nitrogen and oxygen atoms in total. The molecule has 0 bridgehead atoms. The van der Waals surface area contributed by atoms with E-state index < -0.39 is 0 Å². The molecular weight excluding hydrogens is 184 g/mol. The predicted octanol–water partition coefficient (Wildman–Crippen LogP) is 3.38. The van der Waals surface area contributed by atoms with Crippen LogP contribution in [0.15, 0.2) is 0 Å². The van der Waals surface area contributed by atoms with Crippen molar-refractivity contribution in [1.29, 1.82) is 5.26 Å². The molecule has 0 heterocycles. The Kier molecular flexibility index (Phi) is 5.11. The van der Waals surface area contributed by atoms with Gasteiger partial charge in [-0.15, -0.1) is 0 Å². The van der Waals surface area contributed by atoms with E-state index in [1.807, 2.05) is 6.92 Å². The molecule has 0 radical (unpaired) electrons. The molecule has 0 saturated heterocycles. The van der Waals surface area contributed by atoms with Gasteiger partial charge in [-0.1, -0.05) is 39.0 Å². The molecule has 1 aliphatic carbocycles. The van der Waals surface area contributed by atoms with Crippen molar-refractivity contribution < 1.29 is 0 Å². The van der Waals surface area contributed by atoms with E-state index >= 15 is 0 Å². The number of hydrogen-bond donors (Lipinski definition) is 1. The lowest BCUT2D eigenvalue weighted by molar-refractivity contribution is 0.332. The zero-order valence-electron chi connectivity index (χ0n) is 10.2. The Labute approximate surface area is 94.1 Å². The van der Waals surface area contributed by atoms with Crippen LogP contribution in [0, 0.1) is 11.3 Å². The molecule has 0 amide bonds. The molecule has 0 aromatic carbocycles. The van der Waals surface area contributed by atoms with Crippen LogP contribution in [0.4, 0.5) is 0 Å². The molecule has 1 fully saturated rings. The molecule has 15 heavy (non-hydrogen) atoms. The largest absolute Gasteiger partial charge is 0.297 e. The lowest BCUT2D eigenvalue weighted by Gasteiger charge is -2.28. The molecule has 86 valence electrons. The van der Waals surface area contributed by atoms with E-state index in [1.54, 1.807) is 0 Å². The summed E-state index contributed by atoms with van der Waals surface area (Å²) in [6, 6.07) is 3.01. The first-order valence-electron chi connectivity index (χ1n) is 6.39. The second-order valence-corrected chi connectivity index (χ2v) is 5.03. The first kappa shape index (κ1) is 12.5. The topological polar surface area (TPSA) is 35.8 Å². The number of nitrogens with one attached hydrogen (secondary N) is 1. The predicted molar refractivity (Wildman–Crippen MR) is 63.6 cm³/mol. The summed E-state index contributed by atoms with van der Waals surface area (Å²) in [5, 5.41) is 12.8. The van der Waals surface area contributed by atoms with Gasteiger partial charge in [0.05, 0.1) is 6.07 Å². The van der Waals surface area contributed by atoms with Crippen molar-refractivity contribution in [2.24, 2.45) is 0 Å². The minimum absolute atomic E-state index is 0.302. The molecule has 2 heteroatoms. The molecule has 0 spiro atoms. The van der Waals surface area contributed by atoms with Crippen molar-refractivity contribution in [1.82, 2.24) is 5.32 Å². The smallest absolute Gasteiger partial charge is 0.104 e. The van der Waals surface area contributed by atoms with Crippen molar-refractivity contribution in [2.45, 2.75) is 76.8 Å². The Morgan fingerprint density at radius 3 is 2.33 bits per heavy atom. The van der Waals surface area contributed by atoms with Gasteiger partial charge in [-0.2, -0.15) is 5.26 Å². The van der Waals surface area contributed by atoms with Crippen LogP contribution < -0.4 is 5.32 Å². The van der Waals surface area contributed by atoms with Crippen LogP contribution in [0.1, 0.15) is 65.2 Å². The summed E-state index contributed by atoms with van der Waals surface area (Å²) < 4.78 is 0. The van der Waals surface area contributed by atoms with E-state index in [1.165, 1.54) is 38.5 Å².